The van der Waals surface area contributed by atoms with E-state index in [0.29, 0.717) is 0 Å². The summed E-state index contributed by atoms with van der Waals surface area (Å²) in [6.07, 6.45) is 0. The van der Waals surface area contributed by atoms with Gasteiger partial charge in [0.1, 0.15) is 0 Å². The molecule has 0 bridgehead atoms. The van der Waals surface area contributed by atoms with Crippen molar-refractivity contribution >= 4 is 17.7 Å². The topological polar surface area (TPSA) is 105 Å². The molecule has 0 amide bonds. The number of hydrogen-bond donors (Lipinski definition) is 2. The lowest BCUT2D eigenvalue weighted by Gasteiger charge is -2.15. The molecule has 0 radical (unpaired) electrons. The molecule has 8 heteroatoms. The Balaban J connectivity index is 2.96. The molecule has 1 rings (SSSR count). The van der Waals surface area contributed by atoms with Crippen molar-refractivity contribution in [2.75, 3.05) is 0 Å². The zero-order valence-electron chi connectivity index (χ0n) is 9.63. The van der Waals surface area contributed by atoms with Crippen LogP contribution in [0.25, 0.3) is 0 Å². The van der Waals surface area contributed by atoms with Gasteiger partial charge in [-0.1, -0.05) is 25.6 Å². The van der Waals surface area contributed by atoms with E-state index in [1.807, 2.05) is 0 Å². The molecule has 0 aromatic carbocycles. The molecule has 0 saturated carbocycles. The van der Waals surface area contributed by atoms with Gasteiger partial charge in [-0.3, -0.25) is 24.2 Å². The zero-order valence-corrected chi connectivity index (χ0v) is 10.4. The molecule has 1 aromatic heterocycles. The number of carbonyl (C=O) groups is 1. The average Bonchev–Trinajstić information content (AvgIpc) is 2.24. The van der Waals surface area contributed by atoms with Crippen LogP contribution in [0.5, 0.6) is 0 Å². The summed E-state index contributed by atoms with van der Waals surface area (Å²) in [5.74, 6) is -1.50. The minimum Gasteiger partial charge on any atom is -0.481 e. The SMILES string of the molecule is CC(Sc1nc(=O)c(=O)[nH]n1C)C(C)C(=O)O. The Labute approximate surface area is 101 Å². The van der Waals surface area contributed by atoms with E-state index in [-0.39, 0.29) is 10.4 Å². The largest absolute Gasteiger partial charge is 0.481 e. The van der Waals surface area contributed by atoms with E-state index >= 15 is 0 Å². The molecule has 0 aliphatic carbocycles. The number of aliphatic carboxylic acids is 1. The fourth-order valence-corrected chi connectivity index (χ4v) is 2.03. The maximum absolute atomic E-state index is 11.1. The second kappa shape index (κ2) is 5.17. The summed E-state index contributed by atoms with van der Waals surface area (Å²) in [7, 11) is 1.54. The number of H-pyrrole nitrogens is 1. The maximum atomic E-state index is 11.1. The first-order valence-corrected chi connectivity index (χ1v) is 5.77. The zero-order chi connectivity index (χ0) is 13.2. The predicted molar refractivity (Wildman–Crippen MR) is 62.2 cm³/mol. The molecule has 1 heterocycles. The second-order valence-corrected chi connectivity index (χ2v) is 4.99. The van der Waals surface area contributed by atoms with Crippen molar-refractivity contribution in [3.63, 3.8) is 0 Å². The Hall–Kier alpha value is -1.57. The number of thioether (sulfide) groups is 1. The lowest BCUT2D eigenvalue weighted by atomic mass is 10.1. The number of rotatable bonds is 4. The summed E-state index contributed by atoms with van der Waals surface area (Å²) in [4.78, 5) is 36.4. The van der Waals surface area contributed by atoms with Crippen LogP contribution < -0.4 is 11.1 Å². The van der Waals surface area contributed by atoms with Crippen LogP contribution in [0.1, 0.15) is 13.8 Å². The fourth-order valence-electron chi connectivity index (χ4n) is 1.04. The summed E-state index contributed by atoms with van der Waals surface area (Å²) < 4.78 is 1.31. The van der Waals surface area contributed by atoms with Gasteiger partial charge in [0.05, 0.1) is 5.92 Å². The number of aromatic nitrogens is 3. The summed E-state index contributed by atoms with van der Waals surface area (Å²) in [5.41, 5.74) is -1.67. The van der Waals surface area contributed by atoms with Crippen LogP contribution >= 0.6 is 11.8 Å². The Bertz CT molecular complexity index is 536. The third-order valence-corrected chi connectivity index (χ3v) is 3.69. The van der Waals surface area contributed by atoms with Crippen molar-refractivity contribution in [3.05, 3.63) is 20.7 Å². The molecule has 17 heavy (non-hydrogen) atoms. The molecule has 0 saturated heterocycles. The van der Waals surface area contributed by atoms with Gasteiger partial charge in [-0.05, 0) is 0 Å². The summed E-state index contributed by atoms with van der Waals surface area (Å²) in [6.45, 7) is 3.30. The first kappa shape index (κ1) is 13.5. The van der Waals surface area contributed by atoms with Crippen LogP contribution in [-0.4, -0.2) is 31.1 Å². The molecule has 94 valence electrons. The van der Waals surface area contributed by atoms with Crippen molar-refractivity contribution in [2.24, 2.45) is 13.0 Å². The highest BCUT2D eigenvalue weighted by molar-refractivity contribution is 7.99. The first-order chi connectivity index (χ1) is 7.82. The Morgan fingerprint density at radius 1 is 1.47 bits per heavy atom. The van der Waals surface area contributed by atoms with E-state index in [0.717, 1.165) is 11.8 Å². The number of hydrogen-bond acceptors (Lipinski definition) is 5. The second-order valence-electron chi connectivity index (χ2n) is 3.65. The first-order valence-electron chi connectivity index (χ1n) is 4.89. The van der Waals surface area contributed by atoms with E-state index in [2.05, 4.69) is 10.1 Å². The Morgan fingerprint density at radius 3 is 2.59 bits per heavy atom. The van der Waals surface area contributed by atoms with Gasteiger partial charge in [0.15, 0.2) is 5.16 Å². The van der Waals surface area contributed by atoms with Gasteiger partial charge in [-0.25, -0.2) is 0 Å². The monoisotopic (exact) mass is 259 g/mol. The van der Waals surface area contributed by atoms with Crippen LogP contribution in [0.4, 0.5) is 0 Å². The van der Waals surface area contributed by atoms with E-state index in [1.165, 1.54) is 11.7 Å². The molecule has 0 spiro atoms. The number of carboxylic acids is 1. The highest BCUT2D eigenvalue weighted by atomic mass is 32.2. The molecule has 0 aliphatic rings. The summed E-state index contributed by atoms with van der Waals surface area (Å²) in [6, 6.07) is 0. The van der Waals surface area contributed by atoms with Crippen LogP contribution in [0.3, 0.4) is 0 Å². The number of aromatic amines is 1. The summed E-state index contributed by atoms with van der Waals surface area (Å²) in [5, 5.41) is 11.2. The van der Waals surface area contributed by atoms with Crippen molar-refractivity contribution < 1.29 is 9.90 Å². The predicted octanol–water partition coefficient (Wildman–Crippen LogP) is -0.330. The van der Waals surface area contributed by atoms with Gasteiger partial charge in [0.25, 0.3) is 0 Å². The Morgan fingerprint density at radius 2 is 2.06 bits per heavy atom. The van der Waals surface area contributed by atoms with Crippen molar-refractivity contribution in [1.29, 1.82) is 0 Å². The molecule has 1 aromatic rings. The standard InChI is InChI=1S/C9H13N3O4S/c1-4(8(15)16)5(2)17-9-10-6(13)7(14)11-12(9)3/h4-5H,1-3H3,(H,11,14)(H,15,16). The Kier molecular flexibility index (Phi) is 4.11. The van der Waals surface area contributed by atoms with E-state index < -0.39 is 23.0 Å². The molecule has 0 aliphatic heterocycles. The van der Waals surface area contributed by atoms with Crippen LogP contribution in [0, 0.1) is 5.92 Å². The van der Waals surface area contributed by atoms with E-state index in [9.17, 15) is 14.4 Å². The van der Waals surface area contributed by atoms with E-state index in [4.69, 9.17) is 5.11 Å². The van der Waals surface area contributed by atoms with Gasteiger partial charge in [0, 0.05) is 12.3 Å². The molecule has 0 fully saturated rings. The van der Waals surface area contributed by atoms with Crippen LogP contribution in [0.2, 0.25) is 0 Å². The average molecular weight is 259 g/mol. The van der Waals surface area contributed by atoms with Gasteiger partial charge in [-0.15, -0.1) is 0 Å². The van der Waals surface area contributed by atoms with Crippen molar-refractivity contribution in [2.45, 2.75) is 24.3 Å². The number of nitrogens with one attached hydrogen (secondary N) is 1. The third kappa shape index (κ3) is 3.19. The molecule has 7 nitrogen and oxygen atoms in total. The lowest BCUT2D eigenvalue weighted by Crippen LogP contribution is -2.34. The minimum absolute atomic E-state index is 0.267. The van der Waals surface area contributed by atoms with Gasteiger partial charge < -0.3 is 5.11 Å². The highest BCUT2D eigenvalue weighted by Gasteiger charge is 2.22. The van der Waals surface area contributed by atoms with Crippen LogP contribution in [0.15, 0.2) is 14.7 Å². The van der Waals surface area contributed by atoms with Crippen LogP contribution in [-0.2, 0) is 11.8 Å². The number of nitrogens with zero attached hydrogens (tertiary/aromatic N) is 2. The normalized spacial score (nSPS) is 14.3. The van der Waals surface area contributed by atoms with Gasteiger partial charge >= 0.3 is 17.1 Å². The van der Waals surface area contributed by atoms with Gasteiger partial charge in [-0.2, -0.15) is 4.98 Å². The number of aryl methyl sites for hydroxylation is 1. The smallest absolute Gasteiger partial charge is 0.339 e. The third-order valence-electron chi connectivity index (χ3n) is 2.33. The van der Waals surface area contributed by atoms with E-state index in [1.54, 1.807) is 13.8 Å². The highest BCUT2D eigenvalue weighted by Crippen LogP contribution is 2.24. The molecular weight excluding hydrogens is 246 g/mol. The maximum Gasteiger partial charge on any atom is 0.339 e. The molecule has 2 atom stereocenters. The quantitative estimate of drug-likeness (QED) is 0.566. The summed E-state index contributed by atoms with van der Waals surface area (Å²) >= 11 is 1.13. The minimum atomic E-state index is -0.917. The molecule has 2 unspecified atom stereocenters. The van der Waals surface area contributed by atoms with Crippen molar-refractivity contribution in [3.8, 4) is 0 Å². The molecular formula is C9H13N3O4S. The lowest BCUT2D eigenvalue weighted by molar-refractivity contribution is -0.140. The van der Waals surface area contributed by atoms with Crippen molar-refractivity contribution in [1.82, 2.24) is 14.8 Å². The fraction of sp³-hybridized carbons (Fsp3) is 0.556. The number of carboxylic acid groups (broad SMARTS) is 1. The van der Waals surface area contributed by atoms with Gasteiger partial charge in [0.2, 0.25) is 0 Å². The molecule has 2 N–H and O–H groups in total.